The van der Waals surface area contributed by atoms with Crippen LogP contribution in [0.4, 0.5) is 0 Å². The molecule has 1 aliphatic heterocycles. The summed E-state index contributed by atoms with van der Waals surface area (Å²) in [6.07, 6.45) is 2.24. The van der Waals surface area contributed by atoms with Crippen LogP contribution in [-0.2, 0) is 11.2 Å². The molecule has 1 aliphatic rings. The summed E-state index contributed by atoms with van der Waals surface area (Å²) in [5.74, 6) is 0. The molecule has 1 aromatic carbocycles. The van der Waals surface area contributed by atoms with Crippen molar-refractivity contribution in [3.63, 3.8) is 0 Å². The molecule has 0 radical (unpaired) electrons. The van der Waals surface area contributed by atoms with Gasteiger partial charge < -0.3 is 10.1 Å². The maximum atomic E-state index is 5.52. The maximum Gasteiger partial charge on any atom is 0.0622 e. The summed E-state index contributed by atoms with van der Waals surface area (Å²) < 4.78 is 5.52. The largest absolute Gasteiger partial charge is 0.380 e. The predicted molar refractivity (Wildman–Crippen MR) is 84.1 cm³/mol. The van der Waals surface area contributed by atoms with E-state index in [1.54, 1.807) is 0 Å². The zero-order valence-electron chi connectivity index (χ0n) is 13.2. The highest BCUT2D eigenvalue weighted by atomic mass is 16.5. The van der Waals surface area contributed by atoms with Gasteiger partial charge in [0.25, 0.3) is 0 Å². The average molecular weight is 276 g/mol. The van der Waals surface area contributed by atoms with Crippen LogP contribution in [0.3, 0.4) is 0 Å². The van der Waals surface area contributed by atoms with Gasteiger partial charge in [0.2, 0.25) is 0 Å². The fourth-order valence-electron chi connectivity index (χ4n) is 3.06. The molecule has 0 bridgehead atoms. The molecule has 0 spiro atoms. The smallest absolute Gasteiger partial charge is 0.0622 e. The van der Waals surface area contributed by atoms with Gasteiger partial charge in [-0.15, -0.1) is 0 Å². The van der Waals surface area contributed by atoms with E-state index in [0.29, 0.717) is 18.1 Å². The number of likely N-dealkylation sites (N-methyl/N-ethyl adjacent to an activating group) is 2. The molecule has 2 rings (SSSR count). The van der Waals surface area contributed by atoms with E-state index in [2.05, 4.69) is 55.4 Å². The quantitative estimate of drug-likeness (QED) is 0.864. The van der Waals surface area contributed by atoms with Crippen molar-refractivity contribution in [3.05, 3.63) is 35.4 Å². The van der Waals surface area contributed by atoms with Gasteiger partial charge in [0.05, 0.1) is 6.61 Å². The highest BCUT2D eigenvalue weighted by Gasteiger charge is 2.28. The standard InChI is InChI=1S/C17H28N2O/c1-5-14-6-8-15(9-7-14)17(18-3)13(2)19(4)16-10-11-20-12-16/h6-9,13,16-18H,5,10-12H2,1-4H3. The third kappa shape index (κ3) is 3.40. The van der Waals surface area contributed by atoms with Crippen molar-refractivity contribution in [3.8, 4) is 0 Å². The molecule has 0 aliphatic carbocycles. The molecule has 112 valence electrons. The Labute approximate surface area is 123 Å². The van der Waals surface area contributed by atoms with Crippen LogP contribution in [0.5, 0.6) is 0 Å². The zero-order chi connectivity index (χ0) is 14.5. The number of nitrogens with one attached hydrogen (secondary N) is 1. The van der Waals surface area contributed by atoms with Crippen molar-refractivity contribution in [1.82, 2.24) is 10.2 Å². The SMILES string of the molecule is CCc1ccc(C(NC)C(C)N(C)C2CCOC2)cc1. The topological polar surface area (TPSA) is 24.5 Å². The lowest BCUT2D eigenvalue weighted by molar-refractivity contribution is 0.122. The minimum Gasteiger partial charge on any atom is -0.380 e. The van der Waals surface area contributed by atoms with Crippen molar-refractivity contribution >= 4 is 0 Å². The first kappa shape index (κ1) is 15.5. The lowest BCUT2D eigenvalue weighted by Crippen LogP contribution is -2.45. The third-order valence-electron chi connectivity index (χ3n) is 4.66. The van der Waals surface area contributed by atoms with Gasteiger partial charge in [0.15, 0.2) is 0 Å². The first-order valence-corrected chi connectivity index (χ1v) is 7.73. The first-order valence-electron chi connectivity index (χ1n) is 7.73. The molecular weight excluding hydrogens is 248 g/mol. The Hall–Kier alpha value is -0.900. The fraction of sp³-hybridized carbons (Fsp3) is 0.647. The summed E-state index contributed by atoms with van der Waals surface area (Å²) in [5.41, 5.74) is 2.76. The highest BCUT2D eigenvalue weighted by molar-refractivity contribution is 5.26. The molecule has 0 aromatic heterocycles. The van der Waals surface area contributed by atoms with Gasteiger partial charge in [-0.3, -0.25) is 4.90 Å². The van der Waals surface area contributed by atoms with Crippen molar-refractivity contribution in [2.24, 2.45) is 0 Å². The summed E-state index contributed by atoms with van der Waals surface area (Å²) in [7, 11) is 4.27. The lowest BCUT2D eigenvalue weighted by Gasteiger charge is -2.35. The van der Waals surface area contributed by atoms with Gasteiger partial charge in [-0.2, -0.15) is 0 Å². The number of aryl methyl sites for hydroxylation is 1. The third-order valence-corrected chi connectivity index (χ3v) is 4.66. The van der Waals surface area contributed by atoms with E-state index in [1.807, 2.05) is 7.05 Å². The van der Waals surface area contributed by atoms with E-state index in [-0.39, 0.29) is 0 Å². The Bertz CT molecular complexity index is 398. The van der Waals surface area contributed by atoms with Crippen molar-refractivity contribution in [2.45, 2.75) is 44.8 Å². The molecule has 20 heavy (non-hydrogen) atoms. The van der Waals surface area contributed by atoms with E-state index in [0.717, 1.165) is 26.1 Å². The van der Waals surface area contributed by atoms with Crippen LogP contribution in [0.1, 0.15) is 37.4 Å². The van der Waals surface area contributed by atoms with Crippen molar-refractivity contribution < 1.29 is 4.74 Å². The first-order chi connectivity index (χ1) is 9.67. The molecule has 1 N–H and O–H groups in total. The number of nitrogens with zero attached hydrogens (tertiary/aromatic N) is 1. The Morgan fingerprint density at radius 1 is 1.35 bits per heavy atom. The molecule has 3 unspecified atom stereocenters. The second-order valence-corrected chi connectivity index (χ2v) is 5.78. The van der Waals surface area contributed by atoms with E-state index >= 15 is 0 Å². The molecule has 0 saturated carbocycles. The number of benzene rings is 1. The molecule has 1 heterocycles. The van der Waals surface area contributed by atoms with Crippen LogP contribution < -0.4 is 5.32 Å². The normalized spacial score (nSPS) is 22.1. The average Bonchev–Trinajstić information content (AvgIpc) is 3.02. The molecule has 3 nitrogen and oxygen atoms in total. The van der Waals surface area contributed by atoms with E-state index in [4.69, 9.17) is 4.74 Å². The van der Waals surface area contributed by atoms with Gasteiger partial charge in [-0.1, -0.05) is 31.2 Å². The second kappa shape index (κ2) is 7.21. The number of hydrogen-bond donors (Lipinski definition) is 1. The number of rotatable bonds is 6. The summed E-state index contributed by atoms with van der Waals surface area (Å²) in [6.45, 7) is 6.26. The predicted octanol–water partition coefficient (Wildman–Crippen LogP) is 2.62. The summed E-state index contributed by atoms with van der Waals surface area (Å²) in [4.78, 5) is 2.46. The molecular formula is C17H28N2O. The minimum atomic E-state index is 0.353. The van der Waals surface area contributed by atoms with Crippen LogP contribution in [0.2, 0.25) is 0 Å². The van der Waals surface area contributed by atoms with Gasteiger partial charge in [-0.05, 0) is 45.0 Å². The highest BCUT2D eigenvalue weighted by Crippen LogP contribution is 2.24. The summed E-state index contributed by atoms with van der Waals surface area (Å²) >= 11 is 0. The van der Waals surface area contributed by atoms with Crippen LogP contribution in [0.15, 0.2) is 24.3 Å². The molecule has 1 fully saturated rings. The zero-order valence-corrected chi connectivity index (χ0v) is 13.2. The van der Waals surface area contributed by atoms with Crippen LogP contribution in [-0.4, -0.2) is 44.3 Å². The number of ether oxygens (including phenoxy) is 1. The molecule has 1 aromatic rings. The summed E-state index contributed by atoms with van der Waals surface area (Å²) in [5, 5.41) is 3.48. The van der Waals surface area contributed by atoms with E-state index in [1.165, 1.54) is 11.1 Å². The van der Waals surface area contributed by atoms with Crippen molar-refractivity contribution in [1.29, 1.82) is 0 Å². The molecule has 3 heteroatoms. The molecule has 0 amide bonds. The molecule has 1 saturated heterocycles. The van der Waals surface area contributed by atoms with E-state index < -0.39 is 0 Å². The van der Waals surface area contributed by atoms with Crippen molar-refractivity contribution in [2.75, 3.05) is 27.3 Å². The second-order valence-electron chi connectivity index (χ2n) is 5.78. The van der Waals surface area contributed by atoms with Gasteiger partial charge in [0, 0.05) is 24.7 Å². The van der Waals surface area contributed by atoms with Crippen LogP contribution in [0.25, 0.3) is 0 Å². The molecule has 3 atom stereocenters. The van der Waals surface area contributed by atoms with Gasteiger partial charge >= 0.3 is 0 Å². The van der Waals surface area contributed by atoms with Crippen LogP contribution in [0, 0.1) is 0 Å². The summed E-state index contributed by atoms with van der Waals surface area (Å²) in [6, 6.07) is 10.3. The monoisotopic (exact) mass is 276 g/mol. The van der Waals surface area contributed by atoms with E-state index in [9.17, 15) is 0 Å². The fourth-order valence-corrected chi connectivity index (χ4v) is 3.06. The Morgan fingerprint density at radius 2 is 2.05 bits per heavy atom. The lowest BCUT2D eigenvalue weighted by atomic mass is 9.97. The number of hydrogen-bond acceptors (Lipinski definition) is 3. The Balaban J connectivity index is 2.08. The Kier molecular flexibility index (Phi) is 5.58. The van der Waals surface area contributed by atoms with Gasteiger partial charge in [-0.25, -0.2) is 0 Å². The van der Waals surface area contributed by atoms with Gasteiger partial charge in [0.1, 0.15) is 0 Å². The maximum absolute atomic E-state index is 5.52. The van der Waals surface area contributed by atoms with Crippen LogP contribution >= 0.6 is 0 Å². The Morgan fingerprint density at radius 3 is 2.55 bits per heavy atom. The minimum absolute atomic E-state index is 0.353.